The van der Waals surface area contributed by atoms with Crippen LogP contribution in [0.5, 0.6) is 0 Å². The molecule has 0 aromatic heterocycles. The monoisotopic (exact) mass is 297 g/mol. The molecule has 0 spiro atoms. The van der Waals surface area contributed by atoms with Crippen molar-refractivity contribution < 1.29 is 17.6 Å². The lowest BCUT2D eigenvalue weighted by Gasteiger charge is -2.10. The minimum Gasteiger partial charge on any atom is -0.310 e. The molecule has 0 aliphatic carbocycles. The molecule has 1 N–H and O–H groups in total. The first-order valence-electron chi connectivity index (χ1n) is 6.55. The van der Waals surface area contributed by atoms with Crippen LogP contribution in [-0.4, -0.2) is 6.04 Å². The Morgan fingerprint density at radius 1 is 0.905 bits per heavy atom. The molecule has 2 aromatic rings. The molecular formula is C16H15F4N. The third-order valence-electron chi connectivity index (χ3n) is 3.04. The molecule has 2 aromatic carbocycles. The summed E-state index contributed by atoms with van der Waals surface area (Å²) >= 11 is 0. The van der Waals surface area contributed by atoms with Crippen molar-refractivity contribution in [3.8, 4) is 11.1 Å². The van der Waals surface area contributed by atoms with E-state index in [0.717, 1.165) is 12.1 Å². The minimum absolute atomic E-state index is 0.0288. The molecule has 112 valence electrons. The zero-order valence-electron chi connectivity index (χ0n) is 11.7. The normalized spacial score (nSPS) is 11.2. The molecule has 21 heavy (non-hydrogen) atoms. The Labute approximate surface area is 120 Å². The van der Waals surface area contributed by atoms with Gasteiger partial charge in [0.25, 0.3) is 0 Å². The van der Waals surface area contributed by atoms with Crippen LogP contribution in [0.15, 0.2) is 30.3 Å². The molecule has 0 saturated carbocycles. The van der Waals surface area contributed by atoms with Crippen molar-refractivity contribution in [2.45, 2.75) is 26.4 Å². The molecule has 2 rings (SSSR count). The summed E-state index contributed by atoms with van der Waals surface area (Å²) in [5.74, 6) is -4.84. The van der Waals surface area contributed by atoms with Crippen molar-refractivity contribution in [2.75, 3.05) is 0 Å². The number of nitrogens with one attached hydrogen (secondary N) is 1. The first-order chi connectivity index (χ1) is 9.88. The Kier molecular flexibility index (Phi) is 4.63. The molecule has 0 aliphatic rings. The van der Waals surface area contributed by atoms with E-state index in [1.165, 1.54) is 12.1 Å². The van der Waals surface area contributed by atoms with Crippen LogP contribution in [0.4, 0.5) is 17.6 Å². The second kappa shape index (κ2) is 6.26. The summed E-state index contributed by atoms with van der Waals surface area (Å²) in [7, 11) is 0. The van der Waals surface area contributed by atoms with E-state index in [1.54, 1.807) is 6.07 Å². The summed E-state index contributed by atoms with van der Waals surface area (Å²) in [5.41, 5.74) is 0.710. The molecule has 1 nitrogen and oxygen atoms in total. The van der Waals surface area contributed by atoms with Crippen LogP contribution in [0, 0.1) is 23.3 Å². The van der Waals surface area contributed by atoms with Crippen molar-refractivity contribution in [3.63, 3.8) is 0 Å². The van der Waals surface area contributed by atoms with Crippen molar-refractivity contribution in [2.24, 2.45) is 0 Å². The van der Waals surface area contributed by atoms with Crippen LogP contribution in [-0.2, 0) is 6.54 Å². The van der Waals surface area contributed by atoms with E-state index >= 15 is 0 Å². The Morgan fingerprint density at radius 3 is 2.05 bits per heavy atom. The van der Waals surface area contributed by atoms with Gasteiger partial charge in [0.05, 0.1) is 0 Å². The number of benzene rings is 2. The second-order valence-electron chi connectivity index (χ2n) is 5.10. The van der Waals surface area contributed by atoms with Gasteiger partial charge < -0.3 is 5.32 Å². The predicted molar refractivity (Wildman–Crippen MR) is 73.7 cm³/mol. The lowest BCUT2D eigenvalue weighted by atomic mass is 10.0. The van der Waals surface area contributed by atoms with Gasteiger partial charge in [-0.25, -0.2) is 17.6 Å². The summed E-state index contributed by atoms with van der Waals surface area (Å²) < 4.78 is 53.4. The largest absolute Gasteiger partial charge is 0.310 e. The zero-order chi connectivity index (χ0) is 15.6. The van der Waals surface area contributed by atoms with Crippen molar-refractivity contribution in [1.29, 1.82) is 0 Å². The molecule has 0 unspecified atom stereocenters. The van der Waals surface area contributed by atoms with Crippen LogP contribution in [0.2, 0.25) is 0 Å². The van der Waals surface area contributed by atoms with E-state index in [4.69, 9.17) is 0 Å². The lowest BCUT2D eigenvalue weighted by Crippen LogP contribution is -2.21. The van der Waals surface area contributed by atoms with Gasteiger partial charge in [-0.2, -0.15) is 0 Å². The highest BCUT2D eigenvalue weighted by Crippen LogP contribution is 2.26. The smallest absolute Gasteiger partial charge is 0.194 e. The van der Waals surface area contributed by atoms with Crippen LogP contribution < -0.4 is 5.32 Å². The van der Waals surface area contributed by atoms with Crippen LogP contribution >= 0.6 is 0 Å². The second-order valence-corrected chi connectivity index (χ2v) is 5.10. The third kappa shape index (κ3) is 3.61. The summed E-state index contributed by atoms with van der Waals surface area (Å²) in [4.78, 5) is 0. The van der Waals surface area contributed by atoms with Gasteiger partial charge in [-0.3, -0.25) is 0 Å². The maximum absolute atomic E-state index is 14.1. The Morgan fingerprint density at radius 2 is 1.52 bits per heavy atom. The third-order valence-corrected chi connectivity index (χ3v) is 3.04. The SMILES string of the molecule is CC(C)NCc1ccc(-c2cc(F)c(F)c(F)c2)c(F)c1. The fraction of sp³-hybridized carbons (Fsp3) is 0.250. The molecule has 0 radical (unpaired) electrons. The Hall–Kier alpha value is -1.88. The molecule has 5 heteroatoms. The average Bonchev–Trinajstić information content (AvgIpc) is 2.42. The summed E-state index contributed by atoms with van der Waals surface area (Å²) in [6.07, 6.45) is 0. The quantitative estimate of drug-likeness (QED) is 0.651. The predicted octanol–water partition coefficient (Wildman–Crippen LogP) is 4.41. The molecular weight excluding hydrogens is 282 g/mol. The van der Waals surface area contributed by atoms with E-state index in [1.807, 2.05) is 13.8 Å². The van der Waals surface area contributed by atoms with Crippen molar-refractivity contribution in [1.82, 2.24) is 5.32 Å². The van der Waals surface area contributed by atoms with Gasteiger partial charge >= 0.3 is 0 Å². The highest BCUT2D eigenvalue weighted by Gasteiger charge is 2.14. The van der Waals surface area contributed by atoms with Crippen LogP contribution in [0.25, 0.3) is 11.1 Å². The summed E-state index contributed by atoms with van der Waals surface area (Å²) in [6.45, 7) is 4.42. The van der Waals surface area contributed by atoms with Gasteiger partial charge in [-0.15, -0.1) is 0 Å². The van der Waals surface area contributed by atoms with Gasteiger partial charge in [0.1, 0.15) is 5.82 Å². The van der Waals surface area contributed by atoms with Gasteiger partial charge in [0.2, 0.25) is 0 Å². The zero-order valence-corrected chi connectivity index (χ0v) is 11.7. The molecule has 0 heterocycles. The number of halogens is 4. The standard InChI is InChI=1S/C16H15F4N/c1-9(2)21-8-10-3-4-12(13(17)5-10)11-6-14(18)16(20)15(19)7-11/h3-7,9,21H,8H2,1-2H3. The maximum atomic E-state index is 14.1. The Bertz CT molecular complexity index is 630. The first-order valence-corrected chi connectivity index (χ1v) is 6.55. The molecule has 0 aliphatic heterocycles. The molecule has 0 amide bonds. The fourth-order valence-corrected chi connectivity index (χ4v) is 1.94. The number of hydrogen-bond donors (Lipinski definition) is 1. The average molecular weight is 297 g/mol. The van der Waals surface area contributed by atoms with Crippen molar-refractivity contribution >= 4 is 0 Å². The van der Waals surface area contributed by atoms with Gasteiger partial charge in [0, 0.05) is 18.2 Å². The lowest BCUT2D eigenvalue weighted by molar-refractivity contribution is 0.447. The minimum atomic E-state index is -1.56. The van der Waals surface area contributed by atoms with E-state index in [0.29, 0.717) is 12.1 Å². The van der Waals surface area contributed by atoms with E-state index < -0.39 is 23.3 Å². The van der Waals surface area contributed by atoms with Gasteiger partial charge in [-0.1, -0.05) is 26.0 Å². The van der Waals surface area contributed by atoms with Crippen LogP contribution in [0.1, 0.15) is 19.4 Å². The van der Waals surface area contributed by atoms with Gasteiger partial charge in [0.15, 0.2) is 17.5 Å². The molecule has 0 atom stereocenters. The summed E-state index contributed by atoms with van der Waals surface area (Å²) in [5, 5.41) is 3.14. The number of rotatable bonds is 4. The van der Waals surface area contributed by atoms with Crippen LogP contribution in [0.3, 0.4) is 0 Å². The summed E-state index contributed by atoms with van der Waals surface area (Å²) in [6, 6.07) is 6.20. The maximum Gasteiger partial charge on any atom is 0.194 e. The first kappa shape index (κ1) is 15.5. The van der Waals surface area contributed by atoms with E-state index in [-0.39, 0.29) is 17.2 Å². The van der Waals surface area contributed by atoms with Crippen molar-refractivity contribution in [3.05, 3.63) is 59.2 Å². The van der Waals surface area contributed by atoms with Gasteiger partial charge in [-0.05, 0) is 29.3 Å². The highest BCUT2D eigenvalue weighted by atomic mass is 19.2. The molecule has 0 saturated heterocycles. The highest BCUT2D eigenvalue weighted by molar-refractivity contribution is 5.64. The molecule has 0 fully saturated rings. The topological polar surface area (TPSA) is 12.0 Å². The van der Waals surface area contributed by atoms with E-state index in [2.05, 4.69) is 5.32 Å². The number of hydrogen-bond acceptors (Lipinski definition) is 1. The molecule has 0 bridgehead atoms. The fourth-order valence-electron chi connectivity index (χ4n) is 1.94. The Balaban J connectivity index is 2.33. The van der Waals surface area contributed by atoms with E-state index in [9.17, 15) is 17.6 Å².